The zero-order chi connectivity index (χ0) is 21.9. The van der Waals surface area contributed by atoms with Gasteiger partial charge in [0.25, 0.3) is 0 Å². The molecule has 0 aliphatic heterocycles. The summed E-state index contributed by atoms with van der Waals surface area (Å²) >= 11 is -2.76. The molecule has 0 fully saturated rings. The first kappa shape index (κ1) is 26.1. The summed E-state index contributed by atoms with van der Waals surface area (Å²) in [6.45, 7) is 4.42. The van der Waals surface area contributed by atoms with Crippen LogP contribution in [0.3, 0.4) is 0 Å². The fraction of sp³-hybridized carbons (Fsp3) is 0.103. The van der Waals surface area contributed by atoms with Crippen LogP contribution < -0.4 is 35.3 Å². The quantitative estimate of drug-likeness (QED) is 0.354. The molecule has 0 aromatic heterocycles. The Labute approximate surface area is 220 Å². The maximum Gasteiger partial charge on any atom is -1.00 e. The number of halogens is 2. The standard InChI is InChI=1S/C17H15.2C6H6O.2ClH.Ti/c1-12-7-10-17(13(12)2)16-9-8-14-5-3-4-6-15(14)11-16;2*7-6-4-2-1-3-5-6;;;/h3-9H,10H2,1-2H3;2*1-5,7H;2*1H;/q;;;;;+4/p-4. The third-order valence-corrected chi connectivity index (χ3v) is 8.82. The van der Waals surface area contributed by atoms with E-state index in [4.69, 9.17) is 6.64 Å². The van der Waals surface area contributed by atoms with Crippen LogP contribution in [-0.4, -0.2) is 0 Å². The van der Waals surface area contributed by atoms with E-state index in [-0.39, 0.29) is 24.8 Å². The molecule has 5 rings (SSSR count). The van der Waals surface area contributed by atoms with E-state index < -0.39 is 18.6 Å². The summed E-state index contributed by atoms with van der Waals surface area (Å²) in [6, 6.07) is 33.2. The Morgan fingerprint density at radius 2 is 1.21 bits per heavy atom. The van der Waals surface area contributed by atoms with Crippen LogP contribution in [-0.2, 0) is 18.6 Å². The van der Waals surface area contributed by atoms with Crippen molar-refractivity contribution >= 4 is 20.2 Å². The average molecular weight is 524 g/mol. The molecule has 0 saturated carbocycles. The molecule has 0 amide bonds. The Hall–Kier alpha value is -2.49. The summed E-state index contributed by atoms with van der Waals surface area (Å²) in [5.41, 5.74) is 5.35. The van der Waals surface area contributed by atoms with Crippen LogP contribution in [0, 0.1) is 0 Å². The predicted octanol–water partition coefficient (Wildman–Crippen LogP) is 1.20. The Morgan fingerprint density at radius 3 is 1.76 bits per heavy atom. The summed E-state index contributed by atoms with van der Waals surface area (Å²) < 4.78 is 14.6. The van der Waals surface area contributed by atoms with Crippen LogP contribution in [0.5, 0.6) is 11.5 Å². The van der Waals surface area contributed by atoms with Crippen molar-refractivity contribution in [3.8, 4) is 11.5 Å². The molecule has 1 aliphatic rings. The number of hydrogen-bond donors (Lipinski definition) is 0. The van der Waals surface area contributed by atoms with Gasteiger partial charge in [-0.3, -0.25) is 0 Å². The molecule has 1 aliphatic carbocycles. The van der Waals surface area contributed by atoms with Gasteiger partial charge in [0, 0.05) is 0 Å². The third kappa shape index (κ3) is 5.42. The molecule has 34 heavy (non-hydrogen) atoms. The number of benzene rings is 4. The van der Waals surface area contributed by atoms with Crippen LogP contribution in [0.15, 0.2) is 114 Å². The SMILES string of the molecule is CC1=CCC(c2ccc3ccccc3[c]2[Ti+2]([O]c2ccccc2)[O]c2ccccc2)=C1C.[Cl-].[Cl-]. The summed E-state index contributed by atoms with van der Waals surface area (Å²) in [5, 5.41) is 2.43. The minimum atomic E-state index is -2.76. The van der Waals surface area contributed by atoms with Gasteiger partial charge < -0.3 is 24.8 Å². The van der Waals surface area contributed by atoms with Crippen molar-refractivity contribution in [2.75, 3.05) is 0 Å². The molecule has 0 heterocycles. The third-order valence-electron chi connectivity index (χ3n) is 6.02. The van der Waals surface area contributed by atoms with Gasteiger partial charge in [0.2, 0.25) is 0 Å². The van der Waals surface area contributed by atoms with Gasteiger partial charge in [0.15, 0.2) is 0 Å². The Balaban J connectivity index is 0.00000162. The molecule has 0 saturated heterocycles. The summed E-state index contributed by atoms with van der Waals surface area (Å²) in [4.78, 5) is 0. The maximum atomic E-state index is 6.68. The fourth-order valence-corrected chi connectivity index (χ4v) is 7.05. The summed E-state index contributed by atoms with van der Waals surface area (Å²) in [5.74, 6) is 1.70. The van der Waals surface area contributed by atoms with E-state index in [0.717, 1.165) is 17.9 Å². The fourth-order valence-electron chi connectivity index (χ4n) is 4.17. The smallest absolute Gasteiger partial charge is 1.00 e. The second-order valence-corrected chi connectivity index (χ2v) is 10.3. The van der Waals surface area contributed by atoms with Crippen molar-refractivity contribution in [1.29, 1.82) is 0 Å². The van der Waals surface area contributed by atoms with Crippen molar-refractivity contribution < 1.29 is 50.1 Å². The minimum absolute atomic E-state index is 0. The number of para-hydroxylation sites is 2. The van der Waals surface area contributed by atoms with Crippen molar-refractivity contribution in [3.05, 3.63) is 120 Å². The molecule has 4 aromatic carbocycles. The topological polar surface area (TPSA) is 18.5 Å². The van der Waals surface area contributed by atoms with Crippen LogP contribution in [0.25, 0.3) is 16.3 Å². The number of fused-ring (bicyclic) bond motifs is 1. The normalized spacial score (nSPS) is 12.5. The van der Waals surface area contributed by atoms with E-state index in [9.17, 15) is 0 Å². The molecule has 0 N–H and O–H groups in total. The van der Waals surface area contributed by atoms with Crippen molar-refractivity contribution in [2.45, 2.75) is 20.3 Å². The monoisotopic (exact) mass is 523 g/mol. The van der Waals surface area contributed by atoms with Gasteiger partial charge in [0.1, 0.15) is 0 Å². The molecule has 4 aromatic rings. The zero-order valence-corrected chi connectivity index (χ0v) is 22.2. The molecule has 2 nitrogen and oxygen atoms in total. The molecule has 0 unspecified atom stereocenters. The largest absolute Gasteiger partial charge is 1.00 e. The molecule has 0 spiro atoms. The van der Waals surface area contributed by atoms with Crippen molar-refractivity contribution in [1.82, 2.24) is 0 Å². The van der Waals surface area contributed by atoms with Gasteiger partial charge in [-0.1, -0.05) is 0 Å². The average Bonchev–Trinajstić information content (AvgIpc) is 3.17. The number of allylic oxidation sites excluding steroid dienone is 4. The number of hydrogen-bond acceptors (Lipinski definition) is 2. The first-order valence-corrected chi connectivity index (χ1v) is 13.0. The Kier molecular flexibility index (Phi) is 9.05. The van der Waals surface area contributed by atoms with E-state index in [1.54, 1.807) is 0 Å². The second-order valence-electron chi connectivity index (χ2n) is 8.02. The molecule has 0 atom stereocenters. The van der Waals surface area contributed by atoms with E-state index in [2.05, 4.69) is 56.3 Å². The first-order chi connectivity index (χ1) is 15.7. The molecule has 171 valence electrons. The van der Waals surface area contributed by atoms with E-state index in [1.807, 2.05) is 60.7 Å². The van der Waals surface area contributed by atoms with E-state index in [0.29, 0.717) is 0 Å². The van der Waals surface area contributed by atoms with Crippen LogP contribution in [0.1, 0.15) is 25.8 Å². The Morgan fingerprint density at radius 1 is 0.647 bits per heavy atom. The van der Waals surface area contributed by atoms with Crippen LogP contribution in [0.4, 0.5) is 0 Å². The van der Waals surface area contributed by atoms with Crippen molar-refractivity contribution in [3.63, 3.8) is 0 Å². The summed E-state index contributed by atoms with van der Waals surface area (Å²) in [7, 11) is 0. The van der Waals surface area contributed by atoms with Gasteiger partial charge in [-0.25, -0.2) is 0 Å². The summed E-state index contributed by atoms with van der Waals surface area (Å²) in [6.07, 6.45) is 3.27. The molecular weight excluding hydrogens is 499 g/mol. The first-order valence-electron chi connectivity index (χ1n) is 10.9. The minimum Gasteiger partial charge on any atom is -1.00 e. The van der Waals surface area contributed by atoms with Gasteiger partial charge in [-0.2, -0.15) is 0 Å². The van der Waals surface area contributed by atoms with Gasteiger partial charge >= 0.3 is 197 Å². The van der Waals surface area contributed by atoms with Crippen molar-refractivity contribution in [2.24, 2.45) is 0 Å². The maximum absolute atomic E-state index is 6.68. The van der Waals surface area contributed by atoms with Crippen LogP contribution in [0.2, 0.25) is 0 Å². The molecule has 0 bridgehead atoms. The van der Waals surface area contributed by atoms with Gasteiger partial charge in [-0.05, 0) is 0 Å². The van der Waals surface area contributed by atoms with Gasteiger partial charge in [-0.15, -0.1) is 0 Å². The predicted molar refractivity (Wildman–Crippen MR) is 129 cm³/mol. The van der Waals surface area contributed by atoms with E-state index in [1.165, 1.54) is 36.9 Å². The molecule has 0 radical (unpaired) electrons. The Bertz CT molecular complexity index is 1280. The second kappa shape index (κ2) is 11.8. The van der Waals surface area contributed by atoms with Crippen LogP contribution >= 0.6 is 0 Å². The molecule has 5 heteroatoms. The molecular formula is C29H25Cl2O2Ti. The number of rotatable bonds is 6. The van der Waals surface area contributed by atoms with Gasteiger partial charge in [0.05, 0.1) is 0 Å². The van der Waals surface area contributed by atoms with E-state index >= 15 is 0 Å². The zero-order valence-electron chi connectivity index (χ0n) is 19.1.